The lowest BCUT2D eigenvalue weighted by Crippen LogP contribution is -2.27. The summed E-state index contributed by atoms with van der Waals surface area (Å²) in [5.74, 6) is -1.43. The highest BCUT2D eigenvalue weighted by molar-refractivity contribution is 6.02. The largest absolute Gasteiger partial charge is 0.451 e. The number of ketones is 1. The predicted octanol–water partition coefficient (Wildman–Crippen LogP) is 4.06. The van der Waals surface area contributed by atoms with Crippen LogP contribution in [-0.2, 0) is 14.3 Å². The van der Waals surface area contributed by atoms with Gasteiger partial charge in [0.15, 0.2) is 6.10 Å². The zero-order chi connectivity index (χ0) is 22.5. The Morgan fingerprint density at radius 1 is 0.867 bits per heavy atom. The molecule has 0 bridgehead atoms. The van der Waals surface area contributed by atoms with Crippen LogP contribution >= 0.6 is 0 Å². The molecule has 0 radical (unpaired) electrons. The lowest BCUT2D eigenvalue weighted by Gasteiger charge is -2.18. The predicted molar refractivity (Wildman–Crippen MR) is 114 cm³/mol. The minimum Gasteiger partial charge on any atom is -0.451 e. The van der Waals surface area contributed by atoms with E-state index in [1.54, 1.807) is 36.4 Å². The van der Waals surface area contributed by atoms with E-state index in [1.807, 2.05) is 20.8 Å². The molecule has 0 heterocycles. The fourth-order valence-electron chi connectivity index (χ4n) is 2.48. The molecule has 2 N–H and O–H groups in total. The first-order valence-electron chi connectivity index (χ1n) is 9.52. The van der Waals surface area contributed by atoms with Crippen LogP contribution in [0.15, 0.2) is 48.5 Å². The molecule has 0 aliphatic heterocycles. The van der Waals surface area contributed by atoms with Crippen molar-refractivity contribution in [3.05, 3.63) is 59.7 Å². The van der Waals surface area contributed by atoms with Crippen molar-refractivity contribution in [1.82, 2.24) is 0 Å². The van der Waals surface area contributed by atoms with Gasteiger partial charge in [0.1, 0.15) is 0 Å². The summed E-state index contributed by atoms with van der Waals surface area (Å²) in [7, 11) is 0. The van der Waals surface area contributed by atoms with Crippen molar-refractivity contribution in [1.29, 1.82) is 0 Å². The zero-order valence-electron chi connectivity index (χ0n) is 17.7. The number of rotatable bonds is 6. The third-order valence-corrected chi connectivity index (χ3v) is 4.18. The molecule has 0 saturated carbocycles. The zero-order valence-corrected chi connectivity index (χ0v) is 17.7. The number of Topliss-reactive ketones (excluding diaryl/α,β-unsaturated/α-hetero) is 1. The smallest absolute Gasteiger partial charge is 0.338 e. The van der Waals surface area contributed by atoms with Crippen LogP contribution in [-0.4, -0.2) is 29.7 Å². The van der Waals surface area contributed by atoms with Gasteiger partial charge < -0.3 is 15.4 Å². The van der Waals surface area contributed by atoms with Crippen molar-refractivity contribution in [2.75, 3.05) is 10.6 Å². The van der Waals surface area contributed by atoms with Crippen LogP contribution in [0.1, 0.15) is 55.3 Å². The van der Waals surface area contributed by atoms with Gasteiger partial charge in [0.25, 0.3) is 0 Å². The van der Waals surface area contributed by atoms with Crippen LogP contribution in [0.2, 0.25) is 0 Å². The normalized spacial score (nSPS) is 11.9. The van der Waals surface area contributed by atoms with Crippen LogP contribution < -0.4 is 10.6 Å². The quantitative estimate of drug-likeness (QED) is 0.552. The fraction of sp³-hybridized carbons (Fsp3) is 0.304. The molecule has 0 fully saturated rings. The molecule has 7 nitrogen and oxygen atoms in total. The highest BCUT2D eigenvalue weighted by atomic mass is 16.5. The molecule has 0 saturated heterocycles. The fourth-order valence-corrected chi connectivity index (χ4v) is 2.48. The summed E-state index contributed by atoms with van der Waals surface area (Å²) in [6, 6.07) is 12.7. The van der Waals surface area contributed by atoms with Crippen molar-refractivity contribution in [3.63, 3.8) is 0 Å². The maximum absolute atomic E-state index is 12.6. The number of carbonyl (C=O) groups excluding carboxylic acids is 4. The van der Waals surface area contributed by atoms with Crippen molar-refractivity contribution in [3.8, 4) is 0 Å². The molecule has 30 heavy (non-hydrogen) atoms. The molecular formula is C23H26N2O5. The molecule has 2 amide bonds. The lowest BCUT2D eigenvalue weighted by atomic mass is 9.95. The molecule has 1 atom stereocenters. The van der Waals surface area contributed by atoms with Gasteiger partial charge in [-0.2, -0.15) is 0 Å². The number of benzene rings is 2. The first-order chi connectivity index (χ1) is 14.0. The Kier molecular flexibility index (Phi) is 7.10. The Morgan fingerprint density at radius 3 is 2.07 bits per heavy atom. The lowest BCUT2D eigenvalue weighted by molar-refractivity contribution is -0.123. The van der Waals surface area contributed by atoms with Crippen molar-refractivity contribution < 1.29 is 23.9 Å². The third kappa shape index (κ3) is 6.27. The molecule has 2 aromatic carbocycles. The minimum absolute atomic E-state index is 0.134. The average Bonchev–Trinajstić information content (AvgIpc) is 2.67. The summed E-state index contributed by atoms with van der Waals surface area (Å²) in [5, 5.41) is 5.37. The summed E-state index contributed by atoms with van der Waals surface area (Å²) < 4.78 is 5.28. The van der Waals surface area contributed by atoms with Gasteiger partial charge in [-0.25, -0.2) is 4.79 Å². The van der Waals surface area contributed by atoms with E-state index in [4.69, 9.17) is 4.74 Å². The van der Waals surface area contributed by atoms with Crippen LogP contribution in [0.5, 0.6) is 0 Å². The third-order valence-electron chi connectivity index (χ3n) is 4.18. The molecule has 0 aliphatic carbocycles. The number of esters is 1. The number of carbonyl (C=O) groups is 4. The van der Waals surface area contributed by atoms with Gasteiger partial charge in [0.2, 0.25) is 17.6 Å². The molecule has 158 valence electrons. The number of nitrogens with one attached hydrogen (secondary N) is 2. The molecule has 0 aliphatic rings. The second-order valence-corrected chi connectivity index (χ2v) is 7.96. The van der Waals surface area contributed by atoms with Crippen LogP contribution in [0, 0.1) is 5.41 Å². The summed E-state index contributed by atoms with van der Waals surface area (Å²) in [5.41, 5.74) is 1.08. The van der Waals surface area contributed by atoms with E-state index in [0.29, 0.717) is 16.9 Å². The second kappa shape index (κ2) is 9.35. The number of ether oxygens (including phenoxy) is 1. The van der Waals surface area contributed by atoms with Crippen LogP contribution in [0.4, 0.5) is 11.4 Å². The van der Waals surface area contributed by atoms with Crippen molar-refractivity contribution in [2.24, 2.45) is 5.41 Å². The summed E-state index contributed by atoms with van der Waals surface area (Å²) in [6.45, 7) is 8.28. The number of amides is 2. The molecule has 2 rings (SSSR count). The Bertz CT molecular complexity index is 958. The average molecular weight is 410 g/mol. The molecule has 7 heteroatoms. The van der Waals surface area contributed by atoms with E-state index in [9.17, 15) is 19.2 Å². The van der Waals surface area contributed by atoms with E-state index < -0.39 is 17.5 Å². The minimum atomic E-state index is -1.00. The highest BCUT2D eigenvalue weighted by Gasteiger charge is 2.23. The van der Waals surface area contributed by atoms with E-state index in [-0.39, 0.29) is 23.2 Å². The van der Waals surface area contributed by atoms with Crippen LogP contribution in [0.3, 0.4) is 0 Å². The maximum Gasteiger partial charge on any atom is 0.338 e. The summed E-state index contributed by atoms with van der Waals surface area (Å²) >= 11 is 0. The molecular weight excluding hydrogens is 384 g/mol. The Hall–Kier alpha value is -3.48. The first kappa shape index (κ1) is 22.8. The monoisotopic (exact) mass is 410 g/mol. The topological polar surface area (TPSA) is 102 Å². The molecule has 0 spiro atoms. The first-order valence-corrected chi connectivity index (χ1v) is 9.52. The van der Waals surface area contributed by atoms with Crippen molar-refractivity contribution >= 4 is 34.9 Å². The number of anilines is 2. The standard InChI is InChI=1S/C23H26N2O5/c1-14(30-21(28)17-7-6-8-19(13-17)24-15(2)26)20(27)16-9-11-18(12-10-16)25-22(29)23(3,4)5/h6-14H,1-5H3,(H,24,26)(H,25,29). The van der Waals surface area contributed by atoms with Gasteiger partial charge in [0.05, 0.1) is 5.56 Å². The van der Waals surface area contributed by atoms with E-state index in [1.165, 1.54) is 26.0 Å². The summed E-state index contributed by atoms with van der Waals surface area (Å²) in [6.07, 6.45) is -1.00. The van der Waals surface area contributed by atoms with Gasteiger partial charge in [-0.15, -0.1) is 0 Å². The summed E-state index contributed by atoms with van der Waals surface area (Å²) in [4.78, 5) is 48.2. The molecule has 0 aromatic heterocycles. The van der Waals surface area contributed by atoms with Gasteiger partial charge in [-0.05, 0) is 49.4 Å². The maximum atomic E-state index is 12.6. The van der Waals surface area contributed by atoms with Gasteiger partial charge in [0, 0.05) is 29.3 Å². The number of hydrogen-bond acceptors (Lipinski definition) is 5. The van der Waals surface area contributed by atoms with Gasteiger partial charge in [-0.3, -0.25) is 14.4 Å². The van der Waals surface area contributed by atoms with E-state index in [2.05, 4.69) is 10.6 Å². The Labute approximate surface area is 175 Å². The van der Waals surface area contributed by atoms with E-state index in [0.717, 1.165) is 0 Å². The Balaban J connectivity index is 2.02. The van der Waals surface area contributed by atoms with Gasteiger partial charge >= 0.3 is 5.97 Å². The van der Waals surface area contributed by atoms with Crippen molar-refractivity contribution in [2.45, 2.75) is 40.7 Å². The second-order valence-electron chi connectivity index (χ2n) is 7.96. The Morgan fingerprint density at radius 2 is 1.50 bits per heavy atom. The SMILES string of the molecule is CC(=O)Nc1cccc(C(=O)OC(C)C(=O)c2ccc(NC(=O)C(C)(C)C)cc2)c1. The van der Waals surface area contributed by atoms with Gasteiger partial charge in [-0.1, -0.05) is 26.8 Å². The van der Waals surface area contributed by atoms with E-state index >= 15 is 0 Å². The van der Waals surface area contributed by atoms with Crippen LogP contribution in [0.25, 0.3) is 0 Å². The molecule has 1 unspecified atom stereocenters. The molecule has 2 aromatic rings. The highest BCUT2D eigenvalue weighted by Crippen LogP contribution is 2.19. The number of hydrogen-bond donors (Lipinski definition) is 2.